The SMILES string of the molecule is CCOc1cccc2nnc(NC(=O)Nc3cccnc3)n12. The lowest BCUT2D eigenvalue weighted by Crippen LogP contribution is -2.21. The average Bonchev–Trinajstić information content (AvgIpc) is 2.92. The molecule has 3 aromatic rings. The van der Waals surface area contributed by atoms with Crippen LogP contribution < -0.4 is 15.4 Å². The van der Waals surface area contributed by atoms with E-state index in [4.69, 9.17) is 4.74 Å². The maximum atomic E-state index is 12.0. The first-order valence-electron chi connectivity index (χ1n) is 6.73. The number of urea groups is 1. The van der Waals surface area contributed by atoms with Gasteiger partial charge in [0.2, 0.25) is 11.8 Å². The highest BCUT2D eigenvalue weighted by Gasteiger charge is 2.12. The maximum absolute atomic E-state index is 12.0. The number of hydrogen-bond donors (Lipinski definition) is 2. The van der Waals surface area contributed by atoms with Gasteiger partial charge in [-0.25, -0.2) is 9.20 Å². The molecule has 3 aromatic heterocycles. The highest BCUT2D eigenvalue weighted by molar-refractivity contribution is 5.98. The summed E-state index contributed by atoms with van der Waals surface area (Å²) in [6.45, 7) is 2.38. The molecule has 0 radical (unpaired) electrons. The van der Waals surface area contributed by atoms with Crippen LogP contribution in [0, 0.1) is 0 Å². The van der Waals surface area contributed by atoms with Gasteiger partial charge in [0, 0.05) is 6.20 Å². The van der Waals surface area contributed by atoms with Gasteiger partial charge in [-0.2, -0.15) is 0 Å². The minimum atomic E-state index is -0.436. The Morgan fingerprint density at radius 1 is 1.23 bits per heavy atom. The lowest BCUT2D eigenvalue weighted by atomic mass is 10.4. The van der Waals surface area contributed by atoms with Gasteiger partial charge < -0.3 is 10.1 Å². The van der Waals surface area contributed by atoms with E-state index in [0.717, 1.165) is 0 Å². The molecule has 22 heavy (non-hydrogen) atoms. The quantitative estimate of drug-likeness (QED) is 0.770. The second-order valence-electron chi connectivity index (χ2n) is 4.34. The predicted octanol–water partition coefficient (Wildman–Crippen LogP) is 2.17. The Balaban J connectivity index is 1.83. The second-order valence-corrected chi connectivity index (χ2v) is 4.34. The third-order valence-electron chi connectivity index (χ3n) is 2.83. The molecule has 0 unspecified atom stereocenters. The molecule has 0 aliphatic rings. The Bertz CT molecular complexity index is 786. The van der Waals surface area contributed by atoms with Crippen molar-refractivity contribution < 1.29 is 9.53 Å². The van der Waals surface area contributed by atoms with Crippen molar-refractivity contribution in [2.45, 2.75) is 6.92 Å². The van der Waals surface area contributed by atoms with E-state index >= 15 is 0 Å². The molecule has 0 aromatic carbocycles. The van der Waals surface area contributed by atoms with Gasteiger partial charge in [0.25, 0.3) is 0 Å². The molecule has 2 amide bonds. The van der Waals surface area contributed by atoms with Crippen LogP contribution in [0.3, 0.4) is 0 Å². The summed E-state index contributed by atoms with van der Waals surface area (Å²) in [6, 6.07) is 8.40. The fraction of sp³-hybridized carbons (Fsp3) is 0.143. The Labute approximate surface area is 126 Å². The molecule has 0 bridgehead atoms. The number of ether oxygens (including phenoxy) is 1. The van der Waals surface area contributed by atoms with Crippen molar-refractivity contribution >= 4 is 23.3 Å². The molecule has 2 N–H and O–H groups in total. The summed E-state index contributed by atoms with van der Waals surface area (Å²) >= 11 is 0. The molecular formula is C14H14N6O2. The number of nitrogens with zero attached hydrogens (tertiary/aromatic N) is 4. The summed E-state index contributed by atoms with van der Waals surface area (Å²) in [7, 11) is 0. The molecule has 3 rings (SSSR count). The van der Waals surface area contributed by atoms with E-state index in [1.54, 1.807) is 41.1 Å². The van der Waals surface area contributed by atoms with Gasteiger partial charge >= 0.3 is 6.03 Å². The number of nitrogens with one attached hydrogen (secondary N) is 2. The predicted molar refractivity (Wildman–Crippen MR) is 81.0 cm³/mol. The zero-order valence-electron chi connectivity index (χ0n) is 11.9. The number of fused-ring (bicyclic) bond motifs is 1. The molecule has 0 saturated carbocycles. The molecule has 8 heteroatoms. The lowest BCUT2D eigenvalue weighted by molar-refractivity contribution is 0.262. The van der Waals surface area contributed by atoms with Gasteiger partial charge in [-0.05, 0) is 31.2 Å². The monoisotopic (exact) mass is 298 g/mol. The summed E-state index contributed by atoms with van der Waals surface area (Å²) in [5.41, 5.74) is 1.17. The second kappa shape index (κ2) is 6.08. The third kappa shape index (κ3) is 2.80. The van der Waals surface area contributed by atoms with Gasteiger partial charge in [0.05, 0.1) is 18.5 Å². The molecule has 0 aliphatic carbocycles. The zero-order valence-corrected chi connectivity index (χ0v) is 11.9. The van der Waals surface area contributed by atoms with Crippen LogP contribution in [0.25, 0.3) is 5.65 Å². The number of hydrogen-bond acceptors (Lipinski definition) is 5. The van der Waals surface area contributed by atoms with E-state index in [2.05, 4.69) is 25.8 Å². The average molecular weight is 298 g/mol. The van der Waals surface area contributed by atoms with Gasteiger partial charge in [0.15, 0.2) is 5.65 Å². The summed E-state index contributed by atoms with van der Waals surface area (Å²) in [4.78, 5) is 15.9. The molecule has 3 heterocycles. The lowest BCUT2D eigenvalue weighted by Gasteiger charge is -2.09. The number of anilines is 2. The van der Waals surface area contributed by atoms with Crippen LogP contribution in [0.5, 0.6) is 5.88 Å². The number of pyridine rings is 2. The van der Waals surface area contributed by atoms with Crippen LogP contribution in [0.15, 0.2) is 42.7 Å². The summed E-state index contributed by atoms with van der Waals surface area (Å²) < 4.78 is 7.15. The highest BCUT2D eigenvalue weighted by atomic mass is 16.5. The Hall–Kier alpha value is -3.16. The van der Waals surface area contributed by atoms with E-state index in [9.17, 15) is 4.79 Å². The molecule has 0 atom stereocenters. The van der Waals surface area contributed by atoms with E-state index in [-0.39, 0.29) is 5.95 Å². The summed E-state index contributed by atoms with van der Waals surface area (Å²) in [6.07, 6.45) is 3.18. The number of carbonyl (C=O) groups excluding carboxylic acids is 1. The molecule has 0 saturated heterocycles. The normalized spacial score (nSPS) is 10.4. The molecule has 0 fully saturated rings. The number of carbonyl (C=O) groups is 1. The Morgan fingerprint density at radius 2 is 2.14 bits per heavy atom. The number of aromatic nitrogens is 4. The summed E-state index contributed by atoms with van der Waals surface area (Å²) in [5.74, 6) is 0.835. The molecule has 0 aliphatic heterocycles. The minimum absolute atomic E-state index is 0.278. The van der Waals surface area contributed by atoms with Crippen molar-refractivity contribution in [2.24, 2.45) is 0 Å². The van der Waals surface area contributed by atoms with E-state index < -0.39 is 6.03 Å². The van der Waals surface area contributed by atoms with Crippen LogP contribution in [0.4, 0.5) is 16.4 Å². The van der Waals surface area contributed by atoms with Crippen molar-refractivity contribution in [1.29, 1.82) is 0 Å². The largest absolute Gasteiger partial charge is 0.479 e. The maximum Gasteiger partial charge on any atom is 0.326 e. The van der Waals surface area contributed by atoms with Crippen molar-refractivity contribution in [3.63, 3.8) is 0 Å². The minimum Gasteiger partial charge on any atom is -0.479 e. The molecule has 112 valence electrons. The van der Waals surface area contributed by atoms with Crippen LogP contribution in [0.2, 0.25) is 0 Å². The molecule has 8 nitrogen and oxygen atoms in total. The van der Waals surface area contributed by atoms with Gasteiger partial charge in [0.1, 0.15) is 0 Å². The summed E-state index contributed by atoms with van der Waals surface area (Å²) in [5, 5.41) is 13.3. The Kier molecular flexibility index (Phi) is 3.82. The number of rotatable bonds is 4. The Morgan fingerprint density at radius 3 is 2.91 bits per heavy atom. The first-order valence-corrected chi connectivity index (χ1v) is 6.73. The van der Waals surface area contributed by atoms with Crippen LogP contribution in [-0.2, 0) is 0 Å². The smallest absolute Gasteiger partial charge is 0.326 e. The first kappa shape index (κ1) is 13.8. The van der Waals surface area contributed by atoms with Gasteiger partial charge in [-0.15, -0.1) is 10.2 Å². The number of amides is 2. The fourth-order valence-electron chi connectivity index (χ4n) is 1.95. The van der Waals surface area contributed by atoms with Crippen molar-refractivity contribution in [1.82, 2.24) is 19.6 Å². The molecule has 0 spiro atoms. The van der Waals surface area contributed by atoms with Crippen molar-refractivity contribution in [2.75, 3.05) is 17.2 Å². The van der Waals surface area contributed by atoms with Crippen LogP contribution in [-0.4, -0.2) is 32.2 Å². The first-order chi connectivity index (χ1) is 10.8. The van der Waals surface area contributed by atoms with E-state index in [1.807, 2.05) is 13.0 Å². The van der Waals surface area contributed by atoms with Crippen LogP contribution >= 0.6 is 0 Å². The van der Waals surface area contributed by atoms with Crippen LogP contribution in [0.1, 0.15) is 6.92 Å². The fourth-order valence-corrected chi connectivity index (χ4v) is 1.95. The standard InChI is InChI=1S/C14H14N6O2/c1-2-22-12-7-3-6-11-18-19-13(20(11)12)17-14(21)16-10-5-4-8-15-9-10/h3-9H,2H2,1H3,(H2,16,17,19,21). The van der Waals surface area contributed by atoms with Crippen molar-refractivity contribution in [3.8, 4) is 5.88 Å². The van der Waals surface area contributed by atoms with E-state index in [1.165, 1.54) is 0 Å². The van der Waals surface area contributed by atoms with Crippen molar-refractivity contribution in [3.05, 3.63) is 42.7 Å². The zero-order chi connectivity index (χ0) is 15.4. The van der Waals surface area contributed by atoms with Gasteiger partial charge in [-0.3, -0.25) is 10.3 Å². The van der Waals surface area contributed by atoms with E-state index in [0.29, 0.717) is 23.8 Å². The molecular weight excluding hydrogens is 284 g/mol. The van der Waals surface area contributed by atoms with Gasteiger partial charge in [-0.1, -0.05) is 6.07 Å². The highest BCUT2D eigenvalue weighted by Crippen LogP contribution is 2.18. The topological polar surface area (TPSA) is 93.4 Å². The third-order valence-corrected chi connectivity index (χ3v) is 2.83.